The molecule has 1 heterocycles. The van der Waals surface area contributed by atoms with Gasteiger partial charge >= 0.3 is 6.18 Å². The van der Waals surface area contributed by atoms with E-state index >= 15 is 0 Å². The second-order valence-corrected chi connectivity index (χ2v) is 5.77. The van der Waals surface area contributed by atoms with Gasteiger partial charge in [-0.15, -0.1) is 0 Å². The molecule has 0 saturated carbocycles. The molecule has 0 radical (unpaired) electrons. The van der Waals surface area contributed by atoms with Gasteiger partial charge in [0, 0.05) is 18.5 Å². The van der Waals surface area contributed by atoms with Crippen LogP contribution in [0.5, 0.6) is 0 Å². The van der Waals surface area contributed by atoms with Gasteiger partial charge in [0.1, 0.15) is 0 Å². The highest BCUT2D eigenvalue weighted by Crippen LogP contribution is 2.29. The van der Waals surface area contributed by atoms with Crippen molar-refractivity contribution in [3.8, 4) is 0 Å². The molecule has 0 aromatic carbocycles. The average Bonchev–Trinajstić information content (AvgIpc) is 2.36. The van der Waals surface area contributed by atoms with Crippen molar-refractivity contribution in [1.82, 2.24) is 10.3 Å². The molecule has 0 atom stereocenters. The first-order valence-electron chi connectivity index (χ1n) is 6.20. The molecule has 0 spiro atoms. The van der Waals surface area contributed by atoms with Crippen LogP contribution in [-0.2, 0) is 6.18 Å². The van der Waals surface area contributed by atoms with Crippen molar-refractivity contribution in [2.75, 3.05) is 18.1 Å². The third kappa shape index (κ3) is 5.40. The summed E-state index contributed by atoms with van der Waals surface area (Å²) in [5.41, 5.74) is -1.58. The number of pyridine rings is 1. The number of thioether (sulfide) groups is 1. The summed E-state index contributed by atoms with van der Waals surface area (Å²) in [6.07, 6.45) is -3.60. The van der Waals surface area contributed by atoms with Gasteiger partial charge in [-0.25, -0.2) is 0 Å². The SMILES string of the molecule is CC(C)CSCCNC(=O)c1cccnc1C(F)(F)F. The van der Waals surface area contributed by atoms with Crippen LogP contribution >= 0.6 is 11.8 Å². The number of carbonyl (C=O) groups is 1. The van der Waals surface area contributed by atoms with Crippen molar-refractivity contribution in [3.05, 3.63) is 29.6 Å². The molecule has 1 amide bonds. The molecule has 1 aromatic heterocycles. The number of hydrogen-bond acceptors (Lipinski definition) is 3. The maximum absolute atomic E-state index is 12.7. The number of alkyl halides is 3. The first kappa shape index (κ1) is 16.8. The molecule has 0 fully saturated rings. The van der Waals surface area contributed by atoms with E-state index in [1.165, 1.54) is 6.07 Å². The number of carbonyl (C=O) groups excluding carboxylic acids is 1. The zero-order valence-corrected chi connectivity index (χ0v) is 12.1. The molecule has 0 saturated heterocycles. The highest BCUT2D eigenvalue weighted by atomic mass is 32.2. The Morgan fingerprint density at radius 3 is 2.75 bits per heavy atom. The molecule has 1 aromatic rings. The van der Waals surface area contributed by atoms with E-state index in [4.69, 9.17) is 0 Å². The molecule has 0 bridgehead atoms. The van der Waals surface area contributed by atoms with Crippen molar-refractivity contribution in [2.24, 2.45) is 5.92 Å². The van der Waals surface area contributed by atoms with Crippen LogP contribution in [0.3, 0.4) is 0 Å². The number of rotatable bonds is 6. The van der Waals surface area contributed by atoms with Gasteiger partial charge in [0.05, 0.1) is 5.56 Å². The Kier molecular flexibility index (Phi) is 6.32. The zero-order chi connectivity index (χ0) is 15.2. The fourth-order valence-corrected chi connectivity index (χ4v) is 2.35. The topological polar surface area (TPSA) is 42.0 Å². The van der Waals surface area contributed by atoms with Gasteiger partial charge in [0.15, 0.2) is 5.69 Å². The monoisotopic (exact) mass is 306 g/mol. The Bertz CT molecular complexity index is 449. The van der Waals surface area contributed by atoms with Crippen LogP contribution in [0.2, 0.25) is 0 Å². The van der Waals surface area contributed by atoms with Crippen molar-refractivity contribution in [1.29, 1.82) is 0 Å². The Balaban J connectivity index is 2.56. The van der Waals surface area contributed by atoms with Gasteiger partial charge in [-0.2, -0.15) is 24.9 Å². The van der Waals surface area contributed by atoms with E-state index < -0.39 is 23.3 Å². The summed E-state index contributed by atoms with van der Waals surface area (Å²) in [4.78, 5) is 15.0. The van der Waals surface area contributed by atoms with Gasteiger partial charge in [0.2, 0.25) is 0 Å². The number of nitrogens with one attached hydrogen (secondary N) is 1. The standard InChI is InChI=1S/C13H17F3N2OS/c1-9(2)8-20-7-6-18-12(19)10-4-3-5-17-11(10)13(14,15)16/h3-5,9H,6-8H2,1-2H3,(H,18,19). The van der Waals surface area contributed by atoms with Crippen molar-refractivity contribution < 1.29 is 18.0 Å². The molecule has 20 heavy (non-hydrogen) atoms. The van der Waals surface area contributed by atoms with E-state index in [0.29, 0.717) is 18.2 Å². The Labute approximate surface area is 120 Å². The lowest BCUT2D eigenvalue weighted by Crippen LogP contribution is -2.28. The van der Waals surface area contributed by atoms with Crippen LogP contribution in [0.1, 0.15) is 29.9 Å². The van der Waals surface area contributed by atoms with Gasteiger partial charge < -0.3 is 5.32 Å². The first-order chi connectivity index (χ1) is 9.32. The Morgan fingerprint density at radius 2 is 2.15 bits per heavy atom. The summed E-state index contributed by atoms with van der Waals surface area (Å²) < 4.78 is 38.1. The summed E-state index contributed by atoms with van der Waals surface area (Å²) in [5.74, 6) is 1.43. The van der Waals surface area contributed by atoms with Crippen LogP contribution in [0.25, 0.3) is 0 Å². The normalized spacial score (nSPS) is 11.7. The molecule has 0 aliphatic heterocycles. The van der Waals surface area contributed by atoms with E-state index in [1.807, 2.05) is 0 Å². The summed E-state index contributed by atoms with van der Waals surface area (Å²) in [7, 11) is 0. The van der Waals surface area contributed by atoms with Gasteiger partial charge in [-0.05, 0) is 23.8 Å². The molecule has 1 rings (SSSR count). The highest BCUT2D eigenvalue weighted by molar-refractivity contribution is 7.99. The van der Waals surface area contributed by atoms with E-state index in [1.54, 1.807) is 11.8 Å². The van der Waals surface area contributed by atoms with E-state index in [0.717, 1.165) is 18.0 Å². The van der Waals surface area contributed by atoms with Crippen molar-refractivity contribution in [3.63, 3.8) is 0 Å². The fraction of sp³-hybridized carbons (Fsp3) is 0.538. The molecule has 0 unspecified atom stereocenters. The van der Waals surface area contributed by atoms with E-state index in [2.05, 4.69) is 24.1 Å². The lowest BCUT2D eigenvalue weighted by Gasteiger charge is -2.11. The molecular formula is C13H17F3N2OS. The molecule has 0 aliphatic rings. The van der Waals surface area contributed by atoms with Crippen LogP contribution in [0.15, 0.2) is 18.3 Å². The Morgan fingerprint density at radius 1 is 1.45 bits per heavy atom. The lowest BCUT2D eigenvalue weighted by atomic mass is 10.1. The van der Waals surface area contributed by atoms with Crippen molar-refractivity contribution >= 4 is 17.7 Å². The van der Waals surface area contributed by atoms with Crippen LogP contribution < -0.4 is 5.32 Å². The summed E-state index contributed by atoms with van der Waals surface area (Å²) in [5, 5.41) is 2.49. The highest BCUT2D eigenvalue weighted by Gasteiger charge is 2.36. The minimum atomic E-state index is -4.62. The number of hydrogen-bond donors (Lipinski definition) is 1. The fourth-order valence-electron chi connectivity index (χ4n) is 1.47. The summed E-state index contributed by atoms with van der Waals surface area (Å²) in [6.45, 7) is 4.50. The van der Waals surface area contributed by atoms with Crippen LogP contribution in [-0.4, -0.2) is 28.9 Å². The third-order valence-electron chi connectivity index (χ3n) is 2.30. The van der Waals surface area contributed by atoms with E-state index in [9.17, 15) is 18.0 Å². The van der Waals surface area contributed by atoms with Gasteiger partial charge in [-0.3, -0.25) is 9.78 Å². The van der Waals surface area contributed by atoms with Gasteiger partial charge in [0.25, 0.3) is 5.91 Å². The number of aromatic nitrogens is 1. The minimum absolute atomic E-state index is 0.336. The molecule has 1 N–H and O–H groups in total. The smallest absolute Gasteiger partial charge is 0.351 e. The molecular weight excluding hydrogens is 289 g/mol. The van der Waals surface area contributed by atoms with Gasteiger partial charge in [-0.1, -0.05) is 13.8 Å². The quantitative estimate of drug-likeness (QED) is 0.821. The van der Waals surface area contributed by atoms with Crippen molar-refractivity contribution in [2.45, 2.75) is 20.0 Å². The predicted molar refractivity (Wildman–Crippen MR) is 73.7 cm³/mol. The summed E-state index contributed by atoms with van der Waals surface area (Å²) in [6, 6.07) is 2.45. The van der Waals surface area contributed by atoms with Crippen LogP contribution in [0.4, 0.5) is 13.2 Å². The lowest BCUT2D eigenvalue weighted by molar-refractivity contribution is -0.141. The number of halogens is 3. The number of nitrogens with zero attached hydrogens (tertiary/aromatic N) is 1. The Hall–Kier alpha value is -1.24. The van der Waals surface area contributed by atoms with Crippen LogP contribution in [0, 0.1) is 5.92 Å². The molecule has 112 valence electrons. The predicted octanol–water partition coefficient (Wildman–Crippen LogP) is 3.22. The first-order valence-corrected chi connectivity index (χ1v) is 7.36. The summed E-state index contributed by atoms with van der Waals surface area (Å²) >= 11 is 1.66. The third-order valence-corrected chi connectivity index (χ3v) is 3.70. The molecule has 0 aliphatic carbocycles. The average molecular weight is 306 g/mol. The largest absolute Gasteiger partial charge is 0.434 e. The zero-order valence-electron chi connectivity index (χ0n) is 11.3. The molecule has 7 heteroatoms. The second kappa shape index (κ2) is 7.52. The minimum Gasteiger partial charge on any atom is -0.351 e. The van der Waals surface area contributed by atoms with E-state index in [-0.39, 0.29) is 0 Å². The molecule has 3 nitrogen and oxygen atoms in total. The second-order valence-electron chi connectivity index (χ2n) is 4.62. The maximum Gasteiger partial charge on any atom is 0.434 e. The number of amides is 1. The maximum atomic E-state index is 12.7.